The number of rotatable bonds is 6. The number of hydrogen-bond acceptors (Lipinski definition) is 4. The first-order valence-electron chi connectivity index (χ1n) is 8.69. The largest absolute Gasteiger partial charge is 0.505 e. The Balaban J connectivity index is 1.75. The van der Waals surface area contributed by atoms with Crippen molar-refractivity contribution in [3.05, 3.63) is 17.0 Å². The van der Waals surface area contributed by atoms with Gasteiger partial charge in [0.1, 0.15) is 0 Å². The maximum Gasteiger partial charge on any atom is 0.505 e. The Bertz CT molecular complexity index is 656. The van der Waals surface area contributed by atoms with Crippen molar-refractivity contribution in [2.45, 2.75) is 77.9 Å². The lowest BCUT2D eigenvalue weighted by Crippen LogP contribution is -2.41. The van der Waals surface area contributed by atoms with E-state index in [9.17, 15) is 0 Å². The molecule has 0 unspecified atom stereocenters. The highest BCUT2D eigenvalue weighted by Crippen LogP contribution is 2.38. The standard InChI is InChI=1S/C18H27BO2S2/c1-6-7-8-9-10-13-12-22-14-11-15(23-16(13)14)19-20-17(2,3)18(4,5)21-19/h11-12H,6-10H2,1-5H3. The van der Waals surface area contributed by atoms with Crippen molar-refractivity contribution in [3.8, 4) is 0 Å². The van der Waals surface area contributed by atoms with E-state index in [1.54, 1.807) is 0 Å². The van der Waals surface area contributed by atoms with Crippen molar-refractivity contribution in [3.63, 3.8) is 0 Å². The van der Waals surface area contributed by atoms with Crippen LogP contribution < -0.4 is 4.78 Å². The van der Waals surface area contributed by atoms with Gasteiger partial charge in [0.15, 0.2) is 0 Å². The Hall–Kier alpha value is -0.355. The summed E-state index contributed by atoms with van der Waals surface area (Å²) in [6.45, 7) is 10.7. The third kappa shape index (κ3) is 3.39. The van der Waals surface area contributed by atoms with Gasteiger partial charge in [0.25, 0.3) is 0 Å². The van der Waals surface area contributed by atoms with Crippen LogP contribution in [0.15, 0.2) is 11.4 Å². The molecule has 1 saturated heterocycles. The van der Waals surface area contributed by atoms with Crippen LogP contribution in [-0.2, 0) is 15.7 Å². The number of unbranched alkanes of at least 4 members (excludes halogenated alkanes) is 3. The summed E-state index contributed by atoms with van der Waals surface area (Å²) in [5, 5.41) is 2.33. The zero-order valence-corrected chi connectivity index (χ0v) is 16.5. The van der Waals surface area contributed by atoms with Gasteiger partial charge in [-0.15, -0.1) is 22.7 Å². The Morgan fingerprint density at radius 1 is 1.04 bits per heavy atom. The summed E-state index contributed by atoms with van der Waals surface area (Å²) in [6, 6.07) is 2.27. The van der Waals surface area contributed by atoms with E-state index in [0.717, 1.165) is 0 Å². The normalized spacial score (nSPS) is 19.8. The molecule has 0 amide bonds. The minimum atomic E-state index is -0.266. The predicted octanol–water partition coefficient (Wildman–Crippen LogP) is 5.38. The summed E-state index contributed by atoms with van der Waals surface area (Å²) in [5.74, 6) is 0. The van der Waals surface area contributed by atoms with Gasteiger partial charge in [0.05, 0.1) is 11.2 Å². The highest BCUT2D eigenvalue weighted by molar-refractivity contribution is 7.32. The summed E-state index contributed by atoms with van der Waals surface area (Å²) in [6.07, 6.45) is 6.47. The molecule has 0 spiro atoms. The minimum absolute atomic E-state index is 0.224. The molecule has 5 heteroatoms. The Morgan fingerprint density at radius 3 is 2.39 bits per heavy atom. The summed E-state index contributed by atoms with van der Waals surface area (Å²) >= 11 is 3.71. The van der Waals surface area contributed by atoms with Crippen LogP contribution in [0.2, 0.25) is 0 Å². The molecule has 2 aromatic rings. The fraction of sp³-hybridized carbons (Fsp3) is 0.667. The molecule has 2 aromatic heterocycles. The highest BCUT2D eigenvalue weighted by atomic mass is 32.1. The lowest BCUT2D eigenvalue weighted by Gasteiger charge is -2.32. The third-order valence-electron chi connectivity index (χ3n) is 5.12. The van der Waals surface area contributed by atoms with Crippen molar-refractivity contribution in [1.82, 2.24) is 0 Å². The maximum absolute atomic E-state index is 6.19. The number of thiophene rings is 2. The first kappa shape index (κ1) is 17.5. The molecule has 0 N–H and O–H groups in total. The van der Waals surface area contributed by atoms with E-state index >= 15 is 0 Å². The van der Waals surface area contributed by atoms with Gasteiger partial charge in [0, 0.05) is 14.2 Å². The van der Waals surface area contributed by atoms with Crippen LogP contribution in [-0.4, -0.2) is 18.3 Å². The quantitative estimate of drug-likeness (QED) is 0.514. The minimum Gasteiger partial charge on any atom is -0.399 e. The van der Waals surface area contributed by atoms with Gasteiger partial charge < -0.3 is 9.31 Å². The molecular weight excluding hydrogens is 323 g/mol. The Morgan fingerprint density at radius 2 is 1.74 bits per heavy atom. The van der Waals surface area contributed by atoms with Crippen LogP contribution in [0.3, 0.4) is 0 Å². The smallest absolute Gasteiger partial charge is 0.399 e. The average Bonchev–Trinajstić information content (AvgIpc) is 3.08. The summed E-state index contributed by atoms with van der Waals surface area (Å²) in [7, 11) is -0.224. The number of fused-ring (bicyclic) bond motifs is 1. The van der Waals surface area contributed by atoms with Gasteiger partial charge in [0.2, 0.25) is 0 Å². The number of hydrogen-bond donors (Lipinski definition) is 0. The van der Waals surface area contributed by atoms with Crippen molar-refractivity contribution >= 4 is 44.0 Å². The zero-order chi connectivity index (χ0) is 16.7. The van der Waals surface area contributed by atoms with E-state index in [2.05, 4.69) is 46.1 Å². The van der Waals surface area contributed by atoms with E-state index in [4.69, 9.17) is 9.31 Å². The molecule has 1 aliphatic heterocycles. The molecule has 23 heavy (non-hydrogen) atoms. The molecule has 0 atom stereocenters. The Kier molecular flexibility index (Phi) is 4.94. The van der Waals surface area contributed by atoms with Gasteiger partial charge in [-0.1, -0.05) is 26.2 Å². The van der Waals surface area contributed by atoms with Gasteiger partial charge in [-0.25, -0.2) is 0 Å². The zero-order valence-electron chi connectivity index (χ0n) is 14.9. The van der Waals surface area contributed by atoms with E-state index in [-0.39, 0.29) is 18.3 Å². The van der Waals surface area contributed by atoms with Crippen molar-refractivity contribution in [2.75, 3.05) is 0 Å². The van der Waals surface area contributed by atoms with Crippen molar-refractivity contribution < 1.29 is 9.31 Å². The van der Waals surface area contributed by atoms with Gasteiger partial charge >= 0.3 is 7.12 Å². The van der Waals surface area contributed by atoms with Crippen molar-refractivity contribution in [2.24, 2.45) is 0 Å². The van der Waals surface area contributed by atoms with Crippen LogP contribution in [0.25, 0.3) is 9.40 Å². The van der Waals surface area contributed by atoms with E-state index in [1.807, 2.05) is 22.7 Å². The molecule has 0 bridgehead atoms. The second-order valence-electron chi connectivity index (χ2n) is 7.50. The monoisotopic (exact) mass is 350 g/mol. The second-order valence-corrected chi connectivity index (χ2v) is 9.50. The van der Waals surface area contributed by atoms with Gasteiger partial charge in [-0.05, 0) is 57.5 Å². The summed E-state index contributed by atoms with van der Waals surface area (Å²) in [4.78, 5) is 0. The first-order chi connectivity index (χ1) is 10.8. The van der Waals surface area contributed by atoms with Crippen molar-refractivity contribution in [1.29, 1.82) is 0 Å². The molecule has 0 aromatic carbocycles. The molecule has 3 heterocycles. The fourth-order valence-electron chi connectivity index (χ4n) is 2.88. The van der Waals surface area contributed by atoms with Crippen LogP contribution in [0, 0.1) is 0 Å². The third-order valence-corrected chi connectivity index (χ3v) is 7.46. The predicted molar refractivity (Wildman–Crippen MR) is 103 cm³/mol. The SMILES string of the molecule is CCCCCCc1csc2cc(B3OC(C)(C)C(C)(C)O3)sc12. The van der Waals surface area contributed by atoms with Crippen LogP contribution in [0.5, 0.6) is 0 Å². The van der Waals surface area contributed by atoms with E-state index < -0.39 is 0 Å². The topological polar surface area (TPSA) is 18.5 Å². The molecular formula is C18H27BO2S2. The molecule has 3 rings (SSSR count). The van der Waals surface area contributed by atoms with E-state index in [0.29, 0.717) is 0 Å². The van der Waals surface area contributed by atoms with Crippen LogP contribution >= 0.6 is 22.7 Å². The fourth-order valence-corrected chi connectivity index (χ4v) is 5.30. The average molecular weight is 350 g/mol. The van der Waals surface area contributed by atoms with E-state index in [1.165, 1.54) is 51.8 Å². The second kappa shape index (κ2) is 6.51. The number of aryl methyl sites for hydroxylation is 1. The molecule has 1 aliphatic rings. The van der Waals surface area contributed by atoms with Gasteiger partial charge in [-0.3, -0.25) is 0 Å². The van der Waals surface area contributed by atoms with Crippen LogP contribution in [0.1, 0.15) is 65.9 Å². The lowest BCUT2D eigenvalue weighted by atomic mass is 9.88. The molecule has 0 aliphatic carbocycles. The van der Waals surface area contributed by atoms with Gasteiger partial charge in [-0.2, -0.15) is 0 Å². The Labute approximate surface area is 148 Å². The molecule has 2 nitrogen and oxygen atoms in total. The molecule has 126 valence electrons. The molecule has 1 fully saturated rings. The lowest BCUT2D eigenvalue weighted by molar-refractivity contribution is 0.00578. The highest BCUT2D eigenvalue weighted by Gasteiger charge is 2.52. The summed E-state index contributed by atoms with van der Waals surface area (Å²) in [5.41, 5.74) is 0.977. The molecule has 0 radical (unpaired) electrons. The summed E-state index contributed by atoms with van der Waals surface area (Å²) < 4.78 is 16.4. The molecule has 0 saturated carbocycles. The maximum atomic E-state index is 6.19. The first-order valence-corrected chi connectivity index (χ1v) is 10.4. The van der Waals surface area contributed by atoms with Crippen LogP contribution in [0.4, 0.5) is 0 Å².